The second-order valence-corrected chi connectivity index (χ2v) is 7.41. The van der Waals surface area contributed by atoms with E-state index in [0.717, 1.165) is 16.8 Å². The van der Waals surface area contributed by atoms with Crippen LogP contribution in [0.5, 0.6) is 0 Å². The Morgan fingerprint density at radius 2 is 1.79 bits per heavy atom. The first-order valence-electron chi connectivity index (χ1n) is 9.28. The molecule has 0 saturated heterocycles. The molecule has 0 unspecified atom stereocenters. The number of thioether (sulfide) groups is 1. The van der Waals surface area contributed by atoms with Crippen molar-refractivity contribution in [1.29, 1.82) is 0 Å². The minimum absolute atomic E-state index is 0.0505. The second-order valence-electron chi connectivity index (χ2n) is 6.47. The van der Waals surface area contributed by atoms with Gasteiger partial charge in [-0.1, -0.05) is 48.2 Å². The summed E-state index contributed by atoms with van der Waals surface area (Å²) in [6, 6.07) is 15.4. The summed E-state index contributed by atoms with van der Waals surface area (Å²) >= 11 is 1.23. The predicted molar refractivity (Wildman–Crippen MR) is 114 cm³/mol. The fourth-order valence-corrected chi connectivity index (χ4v) is 3.48. The maximum Gasteiger partial charge on any atom is 0.321 e. The van der Waals surface area contributed by atoms with E-state index in [1.165, 1.54) is 17.3 Å². The number of aryl methyl sites for hydroxylation is 2. The van der Waals surface area contributed by atoms with Crippen molar-refractivity contribution in [2.24, 2.45) is 0 Å². The fourth-order valence-electron chi connectivity index (χ4n) is 2.73. The smallest absolute Gasteiger partial charge is 0.321 e. The van der Waals surface area contributed by atoms with E-state index in [2.05, 4.69) is 46.8 Å². The number of urea groups is 1. The lowest BCUT2D eigenvalue weighted by atomic mass is 10.1. The number of carbonyl (C=O) groups excluding carboxylic acids is 2. The van der Waals surface area contributed by atoms with Crippen molar-refractivity contribution in [3.63, 3.8) is 0 Å². The molecule has 8 heteroatoms. The topological polar surface area (TPSA) is 88.9 Å². The number of hydrogen-bond acceptors (Lipinski definition) is 5. The first-order valence-corrected chi connectivity index (χ1v) is 10.3. The molecule has 1 aromatic heterocycles. The Labute approximate surface area is 173 Å². The van der Waals surface area contributed by atoms with Crippen LogP contribution in [0.2, 0.25) is 0 Å². The van der Waals surface area contributed by atoms with Crippen molar-refractivity contribution < 1.29 is 9.59 Å². The highest BCUT2D eigenvalue weighted by atomic mass is 32.2. The average molecular weight is 410 g/mol. The van der Waals surface area contributed by atoms with Crippen LogP contribution >= 0.6 is 11.8 Å². The van der Waals surface area contributed by atoms with Crippen molar-refractivity contribution in [3.05, 3.63) is 59.7 Å². The monoisotopic (exact) mass is 409 g/mol. The lowest BCUT2D eigenvalue weighted by molar-refractivity contribution is -0.117. The highest BCUT2D eigenvalue weighted by Gasteiger charge is 2.18. The molecule has 0 aliphatic carbocycles. The third-order valence-corrected chi connectivity index (χ3v) is 5.27. The molecule has 0 bridgehead atoms. The quantitative estimate of drug-likeness (QED) is 0.609. The zero-order valence-electron chi connectivity index (χ0n) is 16.6. The molecule has 0 spiro atoms. The van der Waals surface area contributed by atoms with E-state index >= 15 is 0 Å². The van der Waals surface area contributed by atoms with E-state index in [1.807, 2.05) is 41.0 Å². The van der Waals surface area contributed by atoms with Crippen LogP contribution in [0, 0.1) is 13.8 Å². The average Bonchev–Trinajstić information content (AvgIpc) is 3.13. The SMILES string of the molecule is CCNC(=O)NC(=O)CSc1nnc(-c2ccccc2)n1-c1ccc(C)c(C)c1. The number of aromatic nitrogens is 3. The Morgan fingerprint density at radius 1 is 1.03 bits per heavy atom. The minimum atomic E-state index is -0.501. The number of carbonyl (C=O) groups is 2. The van der Waals surface area contributed by atoms with Gasteiger partial charge < -0.3 is 5.32 Å². The molecule has 1 heterocycles. The maximum atomic E-state index is 12.1. The van der Waals surface area contributed by atoms with E-state index in [1.54, 1.807) is 6.92 Å². The van der Waals surface area contributed by atoms with Gasteiger partial charge in [0.25, 0.3) is 0 Å². The van der Waals surface area contributed by atoms with Gasteiger partial charge in [0.1, 0.15) is 0 Å². The van der Waals surface area contributed by atoms with Crippen LogP contribution in [0.15, 0.2) is 53.7 Å². The predicted octanol–water partition coefficient (Wildman–Crippen LogP) is 3.49. The van der Waals surface area contributed by atoms with Gasteiger partial charge in [-0.2, -0.15) is 0 Å². The number of amides is 3. The minimum Gasteiger partial charge on any atom is -0.338 e. The van der Waals surface area contributed by atoms with E-state index < -0.39 is 11.9 Å². The number of hydrogen-bond donors (Lipinski definition) is 2. The van der Waals surface area contributed by atoms with Crippen LogP contribution in [0.25, 0.3) is 17.1 Å². The van der Waals surface area contributed by atoms with Crippen LogP contribution < -0.4 is 10.6 Å². The van der Waals surface area contributed by atoms with Gasteiger partial charge in [-0.05, 0) is 44.0 Å². The summed E-state index contributed by atoms with van der Waals surface area (Å²) < 4.78 is 1.94. The number of benzene rings is 2. The number of rotatable bonds is 6. The molecular formula is C21H23N5O2S. The van der Waals surface area contributed by atoms with Crippen molar-refractivity contribution in [2.45, 2.75) is 25.9 Å². The van der Waals surface area contributed by atoms with Crippen LogP contribution in [0.3, 0.4) is 0 Å². The van der Waals surface area contributed by atoms with Gasteiger partial charge in [-0.25, -0.2) is 4.79 Å². The zero-order chi connectivity index (χ0) is 20.8. The normalized spacial score (nSPS) is 10.6. The summed E-state index contributed by atoms with van der Waals surface area (Å²) in [6.45, 7) is 6.35. The van der Waals surface area contributed by atoms with Crippen molar-refractivity contribution in [3.8, 4) is 17.1 Å². The van der Waals surface area contributed by atoms with Gasteiger partial charge in [0, 0.05) is 12.1 Å². The summed E-state index contributed by atoms with van der Waals surface area (Å²) in [6.07, 6.45) is 0. The third kappa shape index (κ3) is 5.03. The molecule has 0 saturated carbocycles. The van der Waals surface area contributed by atoms with E-state index in [9.17, 15) is 9.59 Å². The number of imide groups is 1. The van der Waals surface area contributed by atoms with Gasteiger partial charge in [-0.15, -0.1) is 10.2 Å². The van der Waals surface area contributed by atoms with Crippen LogP contribution in [0.1, 0.15) is 18.1 Å². The summed E-state index contributed by atoms with van der Waals surface area (Å²) in [5.74, 6) is 0.354. The Kier molecular flexibility index (Phi) is 6.66. The number of nitrogens with one attached hydrogen (secondary N) is 2. The summed E-state index contributed by atoms with van der Waals surface area (Å²) in [4.78, 5) is 23.6. The van der Waals surface area contributed by atoms with Crippen LogP contribution in [0.4, 0.5) is 4.79 Å². The van der Waals surface area contributed by atoms with Crippen molar-refractivity contribution in [1.82, 2.24) is 25.4 Å². The molecule has 0 atom stereocenters. The van der Waals surface area contributed by atoms with Crippen molar-refractivity contribution >= 4 is 23.7 Å². The maximum absolute atomic E-state index is 12.1. The molecule has 2 N–H and O–H groups in total. The molecule has 0 aliphatic rings. The standard InChI is InChI=1S/C21H23N5O2S/c1-4-22-20(28)23-18(27)13-29-21-25-24-19(16-8-6-5-7-9-16)26(21)17-11-10-14(2)15(3)12-17/h5-12H,4,13H2,1-3H3,(H2,22,23,27,28). The Morgan fingerprint density at radius 3 is 2.48 bits per heavy atom. The molecule has 2 aromatic carbocycles. The fraction of sp³-hybridized carbons (Fsp3) is 0.238. The van der Waals surface area contributed by atoms with Gasteiger partial charge in [-0.3, -0.25) is 14.7 Å². The molecule has 150 valence electrons. The molecule has 0 fully saturated rings. The van der Waals surface area contributed by atoms with E-state index in [4.69, 9.17) is 0 Å². The van der Waals surface area contributed by atoms with Gasteiger partial charge in [0.05, 0.1) is 11.4 Å². The van der Waals surface area contributed by atoms with Gasteiger partial charge >= 0.3 is 6.03 Å². The highest BCUT2D eigenvalue weighted by Crippen LogP contribution is 2.28. The Hall–Kier alpha value is -3.13. The first-order chi connectivity index (χ1) is 14.0. The molecule has 0 aliphatic heterocycles. The molecule has 29 heavy (non-hydrogen) atoms. The molecule has 7 nitrogen and oxygen atoms in total. The van der Waals surface area contributed by atoms with E-state index in [0.29, 0.717) is 17.5 Å². The van der Waals surface area contributed by atoms with Crippen molar-refractivity contribution in [2.75, 3.05) is 12.3 Å². The molecule has 0 radical (unpaired) electrons. The Balaban J connectivity index is 1.91. The van der Waals surface area contributed by atoms with Gasteiger partial charge in [0.15, 0.2) is 11.0 Å². The van der Waals surface area contributed by atoms with E-state index in [-0.39, 0.29) is 5.75 Å². The lowest BCUT2D eigenvalue weighted by Gasteiger charge is -2.12. The summed E-state index contributed by atoms with van der Waals surface area (Å²) in [5, 5.41) is 14.1. The number of nitrogens with zero attached hydrogens (tertiary/aromatic N) is 3. The molecular weight excluding hydrogens is 386 g/mol. The zero-order valence-corrected chi connectivity index (χ0v) is 17.4. The summed E-state index contributed by atoms with van der Waals surface area (Å²) in [7, 11) is 0. The lowest BCUT2D eigenvalue weighted by Crippen LogP contribution is -2.40. The highest BCUT2D eigenvalue weighted by molar-refractivity contribution is 7.99. The van der Waals surface area contributed by atoms with Crippen LogP contribution in [-0.2, 0) is 4.79 Å². The first kappa shape index (κ1) is 20.6. The second kappa shape index (κ2) is 9.38. The molecule has 3 amide bonds. The summed E-state index contributed by atoms with van der Waals surface area (Å²) in [5.41, 5.74) is 4.19. The van der Waals surface area contributed by atoms with Crippen LogP contribution in [-0.4, -0.2) is 39.0 Å². The molecule has 3 aromatic rings. The van der Waals surface area contributed by atoms with Gasteiger partial charge in [0.2, 0.25) is 5.91 Å². The Bertz CT molecular complexity index is 1020. The molecule has 3 rings (SSSR count). The third-order valence-electron chi connectivity index (χ3n) is 4.34. The largest absolute Gasteiger partial charge is 0.338 e.